The van der Waals surface area contributed by atoms with Gasteiger partial charge in [0.2, 0.25) is 5.95 Å². The van der Waals surface area contributed by atoms with Gasteiger partial charge in [0.05, 0.1) is 18.9 Å². The van der Waals surface area contributed by atoms with Crippen LogP contribution in [-0.4, -0.2) is 48.8 Å². The molecule has 1 saturated heterocycles. The highest BCUT2D eigenvalue weighted by molar-refractivity contribution is 14.0. The van der Waals surface area contributed by atoms with Gasteiger partial charge >= 0.3 is 0 Å². The minimum absolute atomic E-state index is 0. The fourth-order valence-corrected chi connectivity index (χ4v) is 3.40. The minimum Gasteiger partial charge on any atom is -0.494 e. The van der Waals surface area contributed by atoms with Crippen LogP contribution >= 0.6 is 24.0 Å². The number of benzene rings is 1. The topological polar surface area (TPSA) is 97.9 Å². The van der Waals surface area contributed by atoms with Gasteiger partial charge in [-0.1, -0.05) is 0 Å². The molecule has 0 spiro atoms. The van der Waals surface area contributed by atoms with Gasteiger partial charge in [-0.3, -0.25) is 4.99 Å². The molecule has 1 aromatic carbocycles. The normalized spacial score (nSPS) is 16.5. The molecule has 3 N–H and O–H groups in total. The second-order valence-corrected chi connectivity index (χ2v) is 6.88. The molecular formula is C21H31IN6O2. The zero-order valence-corrected chi connectivity index (χ0v) is 19.9. The van der Waals surface area contributed by atoms with Crippen LogP contribution in [-0.2, 0) is 0 Å². The molecule has 1 fully saturated rings. The molecule has 0 saturated carbocycles. The SMILES string of the molecule is CCOc1ccc(OCC)c(NC(N)=NCC2CCCN(c3ncccn3)C2)c1.I. The monoisotopic (exact) mass is 526 g/mol. The zero-order chi connectivity index (χ0) is 20.5. The van der Waals surface area contributed by atoms with Gasteiger partial charge in [0.25, 0.3) is 0 Å². The van der Waals surface area contributed by atoms with E-state index in [1.165, 1.54) is 0 Å². The van der Waals surface area contributed by atoms with Crippen LogP contribution in [0.15, 0.2) is 41.7 Å². The van der Waals surface area contributed by atoms with Crippen molar-refractivity contribution in [3.05, 3.63) is 36.7 Å². The van der Waals surface area contributed by atoms with E-state index in [2.05, 4.69) is 25.2 Å². The Bertz CT molecular complexity index is 805. The summed E-state index contributed by atoms with van der Waals surface area (Å²) in [6.07, 6.45) is 5.76. The number of anilines is 2. The molecule has 30 heavy (non-hydrogen) atoms. The van der Waals surface area contributed by atoms with E-state index in [1.54, 1.807) is 12.4 Å². The Morgan fingerprint density at radius 1 is 1.23 bits per heavy atom. The summed E-state index contributed by atoms with van der Waals surface area (Å²) < 4.78 is 11.3. The second-order valence-electron chi connectivity index (χ2n) is 6.88. The number of rotatable bonds is 8. The number of nitrogens with zero attached hydrogens (tertiary/aromatic N) is 4. The molecule has 0 aliphatic carbocycles. The lowest BCUT2D eigenvalue weighted by atomic mass is 9.98. The first-order valence-corrected chi connectivity index (χ1v) is 10.2. The fourth-order valence-electron chi connectivity index (χ4n) is 3.40. The van der Waals surface area contributed by atoms with Crippen molar-refractivity contribution in [1.82, 2.24) is 9.97 Å². The van der Waals surface area contributed by atoms with Crippen LogP contribution in [0.3, 0.4) is 0 Å². The maximum Gasteiger partial charge on any atom is 0.225 e. The van der Waals surface area contributed by atoms with Gasteiger partial charge in [-0.05, 0) is 50.8 Å². The maximum absolute atomic E-state index is 6.16. The Kier molecular flexibility index (Phi) is 9.92. The Morgan fingerprint density at radius 2 is 2.00 bits per heavy atom. The van der Waals surface area contributed by atoms with Crippen molar-refractivity contribution in [3.8, 4) is 11.5 Å². The molecule has 1 aliphatic heterocycles. The van der Waals surface area contributed by atoms with E-state index in [4.69, 9.17) is 15.2 Å². The van der Waals surface area contributed by atoms with E-state index in [0.717, 1.165) is 49.1 Å². The van der Waals surface area contributed by atoms with E-state index >= 15 is 0 Å². The molecular weight excluding hydrogens is 495 g/mol. The summed E-state index contributed by atoms with van der Waals surface area (Å²) in [5.41, 5.74) is 6.91. The Hall–Kier alpha value is -2.30. The van der Waals surface area contributed by atoms with Crippen LogP contribution in [0.4, 0.5) is 11.6 Å². The Morgan fingerprint density at radius 3 is 2.73 bits per heavy atom. The van der Waals surface area contributed by atoms with Gasteiger partial charge < -0.3 is 25.4 Å². The number of guanidine groups is 1. The number of aromatic nitrogens is 2. The van der Waals surface area contributed by atoms with Crippen molar-refractivity contribution in [2.24, 2.45) is 16.6 Å². The fraction of sp³-hybridized carbons (Fsp3) is 0.476. The molecule has 2 heterocycles. The number of halogens is 1. The molecule has 0 radical (unpaired) electrons. The molecule has 1 aromatic heterocycles. The van der Waals surface area contributed by atoms with Crippen molar-refractivity contribution in [1.29, 1.82) is 0 Å². The van der Waals surface area contributed by atoms with Crippen LogP contribution < -0.4 is 25.4 Å². The van der Waals surface area contributed by atoms with Crippen LogP contribution in [0.25, 0.3) is 0 Å². The lowest BCUT2D eigenvalue weighted by Gasteiger charge is -2.31. The summed E-state index contributed by atoms with van der Waals surface area (Å²) in [5.74, 6) is 3.04. The average Bonchev–Trinajstić information content (AvgIpc) is 2.75. The van der Waals surface area contributed by atoms with Gasteiger partial charge in [-0.25, -0.2) is 9.97 Å². The van der Waals surface area contributed by atoms with Gasteiger partial charge in [-0.15, -0.1) is 24.0 Å². The molecule has 8 nitrogen and oxygen atoms in total. The van der Waals surface area contributed by atoms with Crippen molar-refractivity contribution >= 4 is 41.6 Å². The summed E-state index contributed by atoms with van der Waals surface area (Å²) in [4.78, 5) is 15.5. The van der Waals surface area contributed by atoms with E-state index in [-0.39, 0.29) is 24.0 Å². The van der Waals surface area contributed by atoms with Crippen LogP contribution in [0.2, 0.25) is 0 Å². The first-order valence-electron chi connectivity index (χ1n) is 10.2. The lowest BCUT2D eigenvalue weighted by molar-refractivity contribution is 0.332. The summed E-state index contributed by atoms with van der Waals surface area (Å²) in [7, 11) is 0. The quantitative estimate of drug-likeness (QED) is 0.309. The number of ether oxygens (including phenoxy) is 2. The first-order chi connectivity index (χ1) is 14.2. The number of hydrogen-bond acceptors (Lipinski definition) is 6. The van der Waals surface area contributed by atoms with E-state index in [9.17, 15) is 0 Å². The molecule has 9 heteroatoms. The Balaban J connectivity index is 0.00000320. The predicted octanol–water partition coefficient (Wildman–Crippen LogP) is 3.54. The number of hydrogen-bond donors (Lipinski definition) is 2. The highest BCUT2D eigenvalue weighted by Crippen LogP contribution is 2.29. The van der Waals surface area contributed by atoms with Gasteiger partial charge in [0, 0.05) is 38.1 Å². The molecule has 2 aromatic rings. The predicted molar refractivity (Wildman–Crippen MR) is 131 cm³/mol. The van der Waals surface area contributed by atoms with Gasteiger partial charge in [0.15, 0.2) is 5.96 Å². The summed E-state index contributed by atoms with van der Waals surface area (Å²) in [5, 5.41) is 3.16. The first kappa shape index (κ1) is 24.0. The molecule has 0 bridgehead atoms. The third-order valence-electron chi connectivity index (χ3n) is 4.70. The third-order valence-corrected chi connectivity index (χ3v) is 4.70. The van der Waals surface area contributed by atoms with E-state index in [1.807, 2.05) is 38.1 Å². The zero-order valence-electron chi connectivity index (χ0n) is 17.6. The van der Waals surface area contributed by atoms with E-state index < -0.39 is 0 Å². The van der Waals surface area contributed by atoms with Crippen molar-refractivity contribution in [2.75, 3.05) is 43.1 Å². The number of nitrogens with two attached hydrogens (primary N) is 1. The molecule has 1 unspecified atom stereocenters. The van der Waals surface area contributed by atoms with Crippen LogP contribution in [0, 0.1) is 5.92 Å². The molecule has 164 valence electrons. The standard InChI is InChI=1S/C21H30N6O2.HI/c1-3-28-17-8-9-19(29-4-2)18(13-17)26-20(22)25-14-16-7-5-12-27(15-16)21-23-10-6-11-24-21;/h6,8-11,13,16H,3-5,7,12,14-15H2,1-2H3,(H3,22,25,26);1H. The second kappa shape index (κ2) is 12.4. The molecule has 1 aliphatic rings. The summed E-state index contributed by atoms with van der Waals surface area (Å²) in [6, 6.07) is 7.48. The van der Waals surface area contributed by atoms with Crippen molar-refractivity contribution in [3.63, 3.8) is 0 Å². The molecule has 3 rings (SSSR count). The average molecular weight is 526 g/mol. The number of aliphatic imine (C=N–C) groups is 1. The number of nitrogens with one attached hydrogen (secondary N) is 1. The highest BCUT2D eigenvalue weighted by Gasteiger charge is 2.21. The highest BCUT2D eigenvalue weighted by atomic mass is 127. The largest absolute Gasteiger partial charge is 0.494 e. The lowest BCUT2D eigenvalue weighted by Crippen LogP contribution is -2.38. The molecule has 1 atom stereocenters. The Labute approximate surface area is 195 Å². The van der Waals surface area contributed by atoms with Gasteiger partial charge in [-0.2, -0.15) is 0 Å². The summed E-state index contributed by atoms with van der Waals surface area (Å²) in [6.45, 7) is 7.57. The summed E-state index contributed by atoms with van der Waals surface area (Å²) >= 11 is 0. The molecule has 0 amide bonds. The minimum atomic E-state index is 0. The van der Waals surface area contributed by atoms with E-state index in [0.29, 0.717) is 31.6 Å². The van der Waals surface area contributed by atoms with Crippen molar-refractivity contribution < 1.29 is 9.47 Å². The van der Waals surface area contributed by atoms with Crippen molar-refractivity contribution in [2.45, 2.75) is 26.7 Å². The number of piperidine rings is 1. The van der Waals surface area contributed by atoms with Crippen LogP contribution in [0.1, 0.15) is 26.7 Å². The van der Waals surface area contributed by atoms with Crippen LogP contribution in [0.5, 0.6) is 11.5 Å². The maximum atomic E-state index is 6.16. The third kappa shape index (κ3) is 6.89. The van der Waals surface area contributed by atoms with Gasteiger partial charge in [0.1, 0.15) is 11.5 Å². The smallest absolute Gasteiger partial charge is 0.225 e.